The fourth-order valence-corrected chi connectivity index (χ4v) is 6.74. The van der Waals surface area contributed by atoms with Gasteiger partial charge in [0.05, 0.1) is 16.8 Å². The van der Waals surface area contributed by atoms with Crippen molar-refractivity contribution in [2.24, 2.45) is 11.7 Å². The summed E-state index contributed by atoms with van der Waals surface area (Å²) in [5.41, 5.74) is 7.18. The van der Waals surface area contributed by atoms with Gasteiger partial charge in [0.15, 0.2) is 5.78 Å². The van der Waals surface area contributed by atoms with Crippen molar-refractivity contribution in [2.75, 3.05) is 0 Å². The van der Waals surface area contributed by atoms with E-state index in [4.69, 9.17) is 17.3 Å². The first-order chi connectivity index (χ1) is 17.0. The molecule has 1 fully saturated rings. The Kier molecular flexibility index (Phi) is 6.56. The number of carbonyl (C=O) groups excluding carboxylic acids is 3. The van der Waals surface area contributed by atoms with E-state index in [0.717, 1.165) is 10.4 Å². The molecule has 0 radical (unpaired) electrons. The SMILES string of the molecule is NC(=O)C1C(c2cccs2)C(C(=O)c2cccc(Cl)c2)C(c2ccccc2)N1C(=O)c1cccs1. The van der Waals surface area contributed by atoms with Gasteiger partial charge in [0.1, 0.15) is 6.04 Å². The predicted octanol–water partition coefficient (Wildman–Crippen LogP) is 5.80. The molecule has 0 spiro atoms. The zero-order valence-corrected chi connectivity index (χ0v) is 20.8. The van der Waals surface area contributed by atoms with Crippen molar-refractivity contribution in [1.29, 1.82) is 0 Å². The van der Waals surface area contributed by atoms with Gasteiger partial charge < -0.3 is 10.6 Å². The molecule has 3 heterocycles. The molecule has 35 heavy (non-hydrogen) atoms. The molecule has 176 valence electrons. The minimum Gasteiger partial charge on any atom is -0.368 e. The molecule has 5 rings (SSSR count). The number of nitrogens with two attached hydrogens (primary N) is 1. The molecular formula is C27H21ClN2O3S2. The van der Waals surface area contributed by atoms with Crippen molar-refractivity contribution in [3.8, 4) is 0 Å². The lowest BCUT2D eigenvalue weighted by atomic mass is 9.78. The Morgan fingerprint density at radius 2 is 1.60 bits per heavy atom. The molecule has 4 aromatic rings. The summed E-state index contributed by atoms with van der Waals surface area (Å²) in [6, 6.07) is 21.7. The van der Waals surface area contributed by atoms with Crippen molar-refractivity contribution < 1.29 is 14.4 Å². The number of likely N-dealkylation sites (tertiary alicyclic amines) is 1. The molecule has 0 aliphatic carbocycles. The highest BCUT2D eigenvalue weighted by Gasteiger charge is 2.57. The van der Waals surface area contributed by atoms with Gasteiger partial charge in [-0.1, -0.05) is 66.2 Å². The first-order valence-electron chi connectivity index (χ1n) is 11.0. The summed E-state index contributed by atoms with van der Waals surface area (Å²) in [4.78, 5) is 43.9. The van der Waals surface area contributed by atoms with Crippen LogP contribution in [-0.4, -0.2) is 28.5 Å². The topological polar surface area (TPSA) is 80.5 Å². The molecule has 1 aliphatic heterocycles. The summed E-state index contributed by atoms with van der Waals surface area (Å²) in [7, 11) is 0. The van der Waals surface area contributed by atoms with Crippen molar-refractivity contribution in [2.45, 2.75) is 18.0 Å². The standard InChI is InChI=1S/C27H21ClN2O3S2/c28-18-10-4-9-17(15-18)25(31)22-21(19-11-5-13-34-19)24(26(29)32)30(27(33)20-12-6-14-35-20)23(22)16-7-2-1-3-8-16/h1-15,21-24H,(H2,29,32). The van der Waals surface area contributed by atoms with Gasteiger partial charge in [-0.2, -0.15) is 0 Å². The van der Waals surface area contributed by atoms with Gasteiger partial charge in [-0.15, -0.1) is 22.7 Å². The van der Waals surface area contributed by atoms with E-state index in [0.29, 0.717) is 15.5 Å². The van der Waals surface area contributed by atoms with Crippen LogP contribution in [0.1, 0.15) is 42.4 Å². The number of nitrogens with zero attached hydrogens (tertiary/aromatic N) is 1. The summed E-state index contributed by atoms with van der Waals surface area (Å²) in [6.45, 7) is 0. The molecule has 1 aliphatic rings. The maximum Gasteiger partial charge on any atom is 0.265 e. The van der Waals surface area contributed by atoms with Crippen molar-refractivity contribution in [3.05, 3.63) is 116 Å². The number of hydrogen-bond acceptors (Lipinski definition) is 5. The summed E-state index contributed by atoms with van der Waals surface area (Å²) in [5, 5.41) is 4.15. The van der Waals surface area contributed by atoms with Crippen molar-refractivity contribution in [1.82, 2.24) is 4.90 Å². The van der Waals surface area contributed by atoms with Crippen LogP contribution >= 0.6 is 34.3 Å². The summed E-state index contributed by atoms with van der Waals surface area (Å²) >= 11 is 8.96. The second-order valence-electron chi connectivity index (χ2n) is 8.33. The molecule has 0 bridgehead atoms. The zero-order valence-electron chi connectivity index (χ0n) is 18.4. The molecule has 1 saturated heterocycles. The first kappa shape index (κ1) is 23.5. The first-order valence-corrected chi connectivity index (χ1v) is 13.1. The highest BCUT2D eigenvalue weighted by Crippen LogP contribution is 2.52. The molecule has 2 aromatic carbocycles. The van der Waals surface area contributed by atoms with Gasteiger partial charge in [0, 0.05) is 21.4 Å². The molecule has 0 saturated carbocycles. The van der Waals surface area contributed by atoms with Crippen LogP contribution in [0.5, 0.6) is 0 Å². The van der Waals surface area contributed by atoms with Crippen molar-refractivity contribution in [3.63, 3.8) is 0 Å². The van der Waals surface area contributed by atoms with Crippen LogP contribution in [-0.2, 0) is 4.79 Å². The fourth-order valence-electron chi connectivity index (χ4n) is 4.98. The maximum absolute atomic E-state index is 14.2. The second-order valence-corrected chi connectivity index (χ2v) is 10.7. The number of thiophene rings is 2. The van der Waals surface area contributed by atoms with Gasteiger partial charge in [0.2, 0.25) is 5.91 Å². The maximum atomic E-state index is 14.2. The third kappa shape index (κ3) is 4.31. The number of primary amides is 1. The number of Topliss-reactive ketones (excluding diaryl/α,β-unsaturated/α-hetero) is 1. The quantitative estimate of drug-likeness (QED) is 0.326. The number of hydrogen-bond donors (Lipinski definition) is 1. The molecule has 4 unspecified atom stereocenters. The number of ketones is 1. The number of halogens is 1. The van der Waals surface area contributed by atoms with Gasteiger partial charge >= 0.3 is 0 Å². The Morgan fingerprint density at radius 3 is 2.23 bits per heavy atom. The van der Waals surface area contributed by atoms with Crippen LogP contribution in [0.3, 0.4) is 0 Å². The lowest BCUT2D eigenvalue weighted by Crippen LogP contribution is -2.46. The smallest absolute Gasteiger partial charge is 0.265 e. The Bertz CT molecular complexity index is 1360. The predicted molar refractivity (Wildman–Crippen MR) is 139 cm³/mol. The number of carbonyl (C=O) groups is 3. The molecule has 4 atom stereocenters. The average Bonchev–Trinajstić information content (AvgIpc) is 3.63. The third-order valence-electron chi connectivity index (χ3n) is 6.35. The molecular weight excluding hydrogens is 500 g/mol. The lowest BCUT2D eigenvalue weighted by molar-refractivity contribution is -0.122. The Morgan fingerprint density at radius 1 is 0.857 bits per heavy atom. The molecule has 2 N–H and O–H groups in total. The van der Waals surface area contributed by atoms with Crippen LogP contribution in [0.25, 0.3) is 0 Å². The normalized spacial score (nSPS) is 21.7. The van der Waals surface area contributed by atoms with Crippen LogP contribution in [0.2, 0.25) is 5.02 Å². The second kappa shape index (κ2) is 9.77. The van der Waals surface area contributed by atoms with Crippen LogP contribution in [0.15, 0.2) is 89.6 Å². The van der Waals surface area contributed by atoms with E-state index in [1.54, 1.807) is 36.4 Å². The highest BCUT2D eigenvalue weighted by atomic mass is 35.5. The van der Waals surface area contributed by atoms with E-state index >= 15 is 0 Å². The minimum atomic E-state index is -0.999. The largest absolute Gasteiger partial charge is 0.368 e. The van der Waals surface area contributed by atoms with E-state index in [2.05, 4.69) is 0 Å². The van der Waals surface area contributed by atoms with Crippen LogP contribution < -0.4 is 5.73 Å². The van der Waals surface area contributed by atoms with Crippen molar-refractivity contribution >= 4 is 51.9 Å². The van der Waals surface area contributed by atoms with Gasteiger partial charge in [-0.3, -0.25) is 14.4 Å². The molecule has 5 nitrogen and oxygen atoms in total. The molecule has 2 amide bonds. The minimum absolute atomic E-state index is 0.188. The van der Waals surface area contributed by atoms with Crippen LogP contribution in [0, 0.1) is 5.92 Å². The summed E-state index contributed by atoms with van der Waals surface area (Å²) in [6.07, 6.45) is 0. The summed E-state index contributed by atoms with van der Waals surface area (Å²) < 4.78 is 0. The summed E-state index contributed by atoms with van der Waals surface area (Å²) in [5.74, 6) is -2.49. The zero-order chi connectivity index (χ0) is 24.5. The van der Waals surface area contributed by atoms with E-state index in [1.807, 2.05) is 53.2 Å². The number of benzene rings is 2. The number of rotatable bonds is 6. The van der Waals surface area contributed by atoms with Gasteiger partial charge in [-0.05, 0) is 40.6 Å². The van der Waals surface area contributed by atoms with Crippen LogP contribution in [0.4, 0.5) is 0 Å². The highest BCUT2D eigenvalue weighted by molar-refractivity contribution is 7.12. The Balaban J connectivity index is 1.75. The third-order valence-corrected chi connectivity index (χ3v) is 8.42. The van der Waals surface area contributed by atoms with Gasteiger partial charge in [0.25, 0.3) is 5.91 Å². The van der Waals surface area contributed by atoms with E-state index in [9.17, 15) is 14.4 Å². The van der Waals surface area contributed by atoms with E-state index in [1.165, 1.54) is 27.6 Å². The lowest BCUT2D eigenvalue weighted by Gasteiger charge is -2.30. The van der Waals surface area contributed by atoms with E-state index < -0.39 is 29.8 Å². The Labute approximate surface area is 215 Å². The molecule has 8 heteroatoms. The monoisotopic (exact) mass is 520 g/mol. The van der Waals surface area contributed by atoms with E-state index in [-0.39, 0.29) is 11.7 Å². The average molecular weight is 521 g/mol. The van der Waals surface area contributed by atoms with Gasteiger partial charge in [-0.25, -0.2) is 0 Å². The number of amides is 2. The fraction of sp³-hybridized carbons (Fsp3) is 0.148. The molecule has 2 aromatic heterocycles. The Hall–Kier alpha value is -3.26.